The van der Waals surface area contributed by atoms with Crippen LogP contribution in [0.4, 0.5) is 0 Å². The molecule has 26 heavy (non-hydrogen) atoms. The molecule has 2 aromatic carbocycles. The van der Waals surface area contributed by atoms with Crippen molar-refractivity contribution in [2.75, 3.05) is 5.75 Å². The molecular formula is C22H21NO2S. The van der Waals surface area contributed by atoms with Crippen LogP contribution in [0.2, 0.25) is 0 Å². The summed E-state index contributed by atoms with van der Waals surface area (Å²) in [6.07, 6.45) is 8.01. The third-order valence-corrected chi connectivity index (χ3v) is 6.04. The van der Waals surface area contributed by atoms with E-state index in [1.807, 2.05) is 12.3 Å². The number of hydrogen-bond acceptors (Lipinski definition) is 3. The number of pyridine rings is 1. The van der Waals surface area contributed by atoms with Crippen molar-refractivity contribution in [1.29, 1.82) is 0 Å². The van der Waals surface area contributed by atoms with Crippen molar-refractivity contribution in [3.63, 3.8) is 0 Å². The number of rotatable bonds is 7. The Labute approximate surface area is 157 Å². The van der Waals surface area contributed by atoms with Gasteiger partial charge in [0.15, 0.2) is 0 Å². The molecule has 1 N–H and O–H groups in total. The largest absolute Gasteiger partial charge is 0.481 e. The van der Waals surface area contributed by atoms with E-state index in [4.69, 9.17) is 5.11 Å². The number of carbonyl (C=O) groups is 1. The molecule has 1 aliphatic carbocycles. The Morgan fingerprint density at radius 1 is 1.04 bits per heavy atom. The van der Waals surface area contributed by atoms with Gasteiger partial charge in [-0.25, -0.2) is 0 Å². The third-order valence-electron chi connectivity index (χ3n) is 4.94. The first kappa shape index (κ1) is 17.1. The summed E-state index contributed by atoms with van der Waals surface area (Å²) in [4.78, 5) is 16.1. The highest BCUT2D eigenvalue weighted by Crippen LogP contribution is 2.43. The van der Waals surface area contributed by atoms with E-state index in [1.54, 1.807) is 6.20 Å². The second-order valence-electron chi connectivity index (χ2n) is 6.80. The standard InChI is InChI=1S/C22H21NO2S/c24-22(25)14-26-21-11-12-23-13-17(21)8-7-16-9-10-19(15-5-6-15)20-4-2-1-3-18(16)20/h1-4,9-13,15H,5-8,14H2,(H,24,25). The highest BCUT2D eigenvalue weighted by atomic mass is 32.2. The highest BCUT2D eigenvalue weighted by Gasteiger charge is 2.25. The summed E-state index contributed by atoms with van der Waals surface area (Å²) < 4.78 is 0. The van der Waals surface area contributed by atoms with E-state index >= 15 is 0 Å². The van der Waals surface area contributed by atoms with Gasteiger partial charge in [0.2, 0.25) is 0 Å². The van der Waals surface area contributed by atoms with Gasteiger partial charge < -0.3 is 5.11 Å². The molecule has 1 fully saturated rings. The fourth-order valence-corrected chi connectivity index (χ4v) is 4.28. The number of thioether (sulfide) groups is 1. The number of nitrogens with zero attached hydrogens (tertiary/aromatic N) is 1. The quantitative estimate of drug-likeness (QED) is 0.595. The average Bonchev–Trinajstić information content (AvgIpc) is 3.50. The summed E-state index contributed by atoms with van der Waals surface area (Å²) in [5.74, 6) is 0.0291. The minimum Gasteiger partial charge on any atom is -0.481 e. The van der Waals surface area contributed by atoms with Crippen LogP contribution in [0, 0.1) is 0 Å². The van der Waals surface area contributed by atoms with Crippen LogP contribution in [-0.4, -0.2) is 21.8 Å². The predicted octanol–water partition coefficient (Wildman–Crippen LogP) is 5.07. The summed E-state index contributed by atoms with van der Waals surface area (Å²) in [5.41, 5.74) is 3.96. The Balaban J connectivity index is 1.57. The molecule has 0 aliphatic heterocycles. The van der Waals surface area contributed by atoms with Crippen LogP contribution in [0.15, 0.2) is 59.8 Å². The molecular weight excluding hydrogens is 342 g/mol. The Hall–Kier alpha value is -2.33. The fraction of sp³-hybridized carbons (Fsp3) is 0.273. The third kappa shape index (κ3) is 3.75. The minimum absolute atomic E-state index is 0.0794. The van der Waals surface area contributed by atoms with E-state index in [9.17, 15) is 4.79 Å². The number of hydrogen-bond donors (Lipinski definition) is 1. The van der Waals surface area contributed by atoms with Crippen LogP contribution in [-0.2, 0) is 17.6 Å². The van der Waals surface area contributed by atoms with E-state index in [2.05, 4.69) is 41.4 Å². The number of aryl methyl sites for hydroxylation is 2. The van der Waals surface area contributed by atoms with Gasteiger partial charge in [0.25, 0.3) is 0 Å². The van der Waals surface area contributed by atoms with Crippen LogP contribution in [0.25, 0.3) is 10.8 Å². The summed E-state index contributed by atoms with van der Waals surface area (Å²) in [7, 11) is 0. The number of carboxylic acid groups (broad SMARTS) is 1. The molecule has 0 amide bonds. The zero-order chi connectivity index (χ0) is 17.9. The minimum atomic E-state index is -0.792. The van der Waals surface area contributed by atoms with E-state index in [1.165, 1.54) is 46.5 Å². The van der Waals surface area contributed by atoms with Crippen molar-refractivity contribution in [3.05, 3.63) is 71.5 Å². The lowest BCUT2D eigenvalue weighted by Crippen LogP contribution is -2.00. The van der Waals surface area contributed by atoms with Crippen molar-refractivity contribution >= 4 is 28.5 Å². The van der Waals surface area contributed by atoms with Crippen molar-refractivity contribution in [1.82, 2.24) is 4.98 Å². The summed E-state index contributed by atoms with van der Waals surface area (Å²) in [5, 5.41) is 11.7. The molecule has 3 nitrogen and oxygen atoms in total. The zero-order valence-corrected chi connectivity index (χ0v) is 15.3. The van der Waals surface area contributed by atoms with Gasteiger partial charge in [0, 0.05) is 17.3 Å². The molecule has 0 saturated heterocycles. The lowest BCUT2D eigenvalue weighted by atomic mass is 9.94. The van der Waals surface area contributed by atoms with Crippen LogP contribution in [0.1, 0.15) is 35.4 Å². The Kier molecular flexibility index (Phi) is 4.93. The molecule has 4 heteroatoms. The van der Waals surface area contributed by atoms with Gasteiger partial charge in [-0.3, -0.25) is 9.78 Å². The second kappa shape index (κ2) is 7.50. The number of aromatic nitrogens is 1. The maximum absolute atomic E-state index is 10.9. The smallest absolute Gasteiger partial charge is 0.313 e. The molecule has 0 bridgehead atoms. The van der Waals surface area contributed by atoms with Crippen LogP contribution in [0.3, 0.4) is 0 Å². The number of aliphatic carboxylic acids is 1. The van der Waals surface area contributed by atoms with E-state index in [0.717, 1.165) is 29.2 Å². The molecule has 3 aromatic rings. The van der Waals surface area contributed by atoms with Gasteiger partial charge in [-0.05, 0) is 65.1 Å². The van der Waals surface area contributed by atoms with Gasteiger partial charge in [-0.15, -0.1) is 11.8 Å². The Morgan fingerprint density at radius 3 is 2.58 bits per heavy atom. The normalized spacial score (nSPS) is 13.8. The first-order valence-corrected chi connectivity index (χ1v) is 9.99. The topological polar surface area (TPSA) is 50.2 Å². The molecule has 1 saturated carbocycles. The first-order chi connectivity index (χ1) is 12.7. The highest BCUT2D eigenvalue weighted by molar-refractivity contribution is 8.00. The summed E-state index contributed by atoms with van der Waals surface area (Å²) in [6, 6.07) is 15.2. The average molecular weight is 363 g/mol. The monoisotopic (exact) mass is 363 g/mol. The van der Waals surface area contributed by atoms with Crippen LogP contribution in [0.5, 0.6) is 0 Å². The van der Waals surface area contributed by atoms with Gasteiger partial charge in [0.1, 0.15) is 0 Å². The van der Waals surface area contributed by atoms with Gasteiger partial charge in [-0.1, -0.05) is 36.4 Å². The number of fused-ring (bicyclic) bond motifs is 1. The molecule has 0 atom stereocenters. The summed E-state index contributed by atoms with van der Waals surface area (Å²) in [6.45, 7) is 0. The van der Waals surface area contributed by atoms with Gasteiger partial charge in [0.05, 0.1) is 5.75 Å². The predicted molar refractivity (Wildman–Crippen MR) is 106 cm³/mol. The van der Waals surface area contributed by atoms with Gasteiger partial charge in [-0.2, -0.15) is 0 Å². The van der Waals surface area contributed by atoms with Crippen LogP contribution < -0.4 is 0 Å². The Morgan fingerprint density at radius 2 is 1.81 bits per heavy atom. The van der Waals surface area contributed by atoms with Crippen LogP contribution >= 0.6 is 11.8 Å². The number of benzene rings is 2. The van der Waals surface area contributed by atoms with E-state index < -0.39 is 5.97 Å². The molecule has 4 rings (SSSR count). The van der Waals surface area contributed by atoms with Crippen molar-refractivity contribution in [2.45, 2.75) is 36.5 Å². The fourth-order valence-electron chi connectivity index (χ4n) is 3.50. The maximum Gasteiger partial charge on any atom is 0.313 e. The molecule has 0 radical (unpaired) electrons. The van der Waals surface area contributed by atoms with Gasteiger partial charge >= 0.3 is 5.97 Å². The molecule has 1 aromatic heterocycles. The SMILES string of the molecule is O=C(O)CSc1ccncc1CCc1ccc(C2CC2)c2ccccc12. The van der Waals surface area contributed by atoms with Crippen molar-refractivity contribution in [2.24, 2.45) is 0 Å². The zero-order valence-electron chi connectivity index (χ0n) is 14.5. The number of carboxylic acids is 1. The first-order valence-electron chi connectivity index (χ1n) is 9.00. The molecule has 0 unspecified atom stereocenters. The summed E-state index contributed by atoms with van der Waals surface area (Å²) >= 11 is 1.37. The molecule has 1 heterocycles. The maximum atomic E-state index is 10.9. The van der Waals surface area contributed by atoms with Crippen molar-refractivity contribution < 1.29 is 9.90 Å². The lowest BCUT2D eigenvalue weighted by molar-refractivity contribution is -0.133. The second-order valence-corrected chi connectivity index (χ2v) is 7.82. The molecule has 0 spiro atoms. The van der Waals surface area contributed by atoms with E-state index in [0.29, 0.717) is 0 Å². The lowest BCUT2D eigenvalue weighted by Gasteiger charge is -2.12. The van der Waals surface area contributed by atoms with Crippen molar-refractivity contribution in [3.8, 4) is 0 Å². The van der Waals surface area contributed by atoms with E-state index in [-0.39, 0.29) is 5.75 Å². The molecule has 132 valence electrons. The Bertz CT molecular complexity index is 950. The molecule has 1 aliphatic rings.